The van der Waals surface area contributed by atoms with Crippen molar-refractivity contribution in [1.29, 1.82) is 0 Å². The van der Waals surface area contributed by atoms with Gasteiger partial charge in [-0.25, -0.2) is 0 Å². The van der Waals surface area contributed by atoms with Crippen LogP contribution < -0.4 is 4.74 Å². The number of hydrogen-bond acceptors (Lipinski definition) is 3. The number of alkyl halides is 3. The lowest BCUT2D eigenvalue weighted by Crippen LogP contribution is -2.41. The van der Waals surface area contributed by atoms with Gasteiger partial charge in [-0.3, -0.25) is 4.90 Å². The molecule has 3 nitrogen and oxygen atoms in total. The molecule has 1 aromatic rings. The van der Waals surface area contributed by atoms with E-state index in [2.05, 4.69) is 23.5 Å². The fourth-order valence-electron chi connectivity index (χ4n) is 2.08. The highest BCUT2D eigenvalue weighted by atomic mass is 19.4. The number of benzene rings is 1. The highest BCUT2D eigenvalue weighted by Gasteiger charge is 2.30. The first-order valence-electron chi connectivity index (χ1n) is 7.41. The second-order valence-corrected chi connectivity index (χ2v) is 5.14. The average molecular weight is 319 g/mol. The van der Waals surface area contributed by atoms with E-state index in [1.807, 2.05) is 0 Å². The van der Waals surface area contributed by atoms with Crippen molar-refractivity contribution in [2.45, 2.75) is 32.5 Å². The van der Waals surface area contributed by atoms with Gasteiger partial charge in [-0.1, -0.05) is 13.0 Å². The van der Waals surface area contributed by atoms with Crippen molar-refractivity contribution in [1.82, 2.24) is 4.90 Å². The smallest absolute Gasteiger partial charge is 0.416 e. The van der Waals surface area contributed by atoms with E-state index in [9.17, 15) is 13.2 Å². The standard InChI is InChI=1S/C8H7F3O.C8H17NO/c1-12-7-4-2-3-6(5-7)8(9,10)11;1-3-8(2)9-4-6-10-7-5-9/h2-5H,1H3;8H,3-7H2,1-2H3. The molecule has 1 aromatic carbocycles. The van der Waals surface area contributed by atoms with Crippen molar-refractivity contribution >= 4 is 0 Å². The van der Waals surface area contributed by atoms with Gasteiger partial charge in [0.05, 0.1) is 25.9 Å². The quantitative estimate of drug-likeness (QED) is 0.845. The molecule has 0 aliphatic carbocycles. The Labute approximate surface area is 130 Å². The maximum Gasteiger partial charge on any atom is 0.416 e. The number of nitrogens with zero attached hydrogens (tertiary/aromatic N) is 1. The van der Waals surface area contributed by atoms with E-state index >= 15 is 0 Å². The Balaban J connectivity index is 0.000000224. The highest BCUT2D eigenvalue weighted by Crippen LogP contribution is 2.30. The molecule has 0 bridgehead atoms. The summed E-state index contributed by atoms with van der Waals surface area (Å²) in [7, 11) is 1.33. The normalized spacial score (nSPS) is 17.4. The van der Waals surface area contributed by atoms with Gasteiger partial charge in [0.25, 0.3) is 0 Å². The summed E-state index contributed by atoms with van der Waals surface area (Å²) in [5.41, 5.74) is -0.693. The number of methoxy groups -OCH3 is 1. The zero-order valence-electron chi connectivity index (χ0n) is 13.3. The Hall–Kier alpha value is -1.27. The van der Waals surface area contributed by atoms with Crippen LogP contribution >= 0.6 is 0 Å². The van der Waals surface area contributed by atoms with Crippen LogP contribution in [0.25, 0.3) is 0 Å². The number of halogens is 3. The molecule has 0 amide bonds. The molecule has 1 fully saturated rings. The van der Waals surface area contributed by atoms with Gasteiger partial charge in [0.2, 0.25) is 0 Å². The second-order valence-electron chi connectivity index (χ2n) is 5.14. The molecule has 0 aromatic heterocycles. The Morgan fingerprint density at radius 1 is 1.27 bits per heavy atom. The van der Waals surface area contributed by atoms with Gasteiger partial charge in [-0.15, -0.1) is 0 Å². The van der Waals surface area contributed by atoms with E-state index in [1.54, 1.807) is 0 Å². The summed E-state index contributed by atoms with van der Waals surface area (Å²) in [4.78, 5) is 2.49. The summed E-state index contributed by atoms with van der Waals surface area (Å²) in [6.07, 6.45) is -3.05. The zero-order valence-corrected chi connectivity index (χ0v) is 13.3. The van der Waals surface area contributed by atoms with Crippen LogP contribution in [0.1, 0.15) is 25.8 Å². The van der Waals surface area contributed by atoms with Gasteiger partial charge >= 0.3 is 6.18 Å². The lowest BCUT2D eigenvalue weighted by atomic mass is 10.2. The molecule has 22 heavy (non-hydrogen) atoms. The van der Waals surface area contributed by atoms with E-state index in [4.69, 9.17) is 4.74 Å². The lowest BCUT2D eigenvalue weighted by molar-refractivity contribution is -0.137. The van der Waals surface area contributed by atoms with E-state index in [0.717, 1.165) is 44.5 Å². The summed E-state index contributed by atoms with van der Waals surface area (Å²) in [6.45, 7) is 8.60. The molecule has 1 atom stereocenters. The Morgan fingerprint density at radius 2 is 1.91 bits per heavy atom. The molecular weight excluding hydrogens is 295 g/mol. The third-order valence-corrected chi connectivity index (χ3v) is 3.66. The van der Waals surface area contributed by atoms with Crippen molar-refractivity contribution in [3.05, 3.63) is 29.8 Å². The van der Waals surface area contributed by atoms with Gasteiger partial charge < -0.3 is 9.47 Å². The summed E-state index contributed by atoms with van der Waals surface area (Å²) in [6, 6.07) is 5.48. The molecule has 1 aliphatic rings. The molecule has 0 radical (unpaired) electrons. The van der Waals surface area contributed by atoms with Crippen molar-refractivity contribution in [3.8, 4) is 5.75 Å². The minimum Gasteiger partial charge on any atom is -0.497 e. The van der Waals surface area contributed by atoms with Crippen LogP contribution in [0.15, 0.2) is 24.3 Å². The van der Waals surface area contributed by atoms with Crippen LogP contribution in [-0.2, 0) is 10.9 Å². The van der Waals surface area contributed by atoms with Crippen LogP contribution in [-0.4, -0.2) is 44.4 Å². The molecule has 6 heteroatoms. The Kier molecular flexibility index (Phi) is 7.68. The van der Waals surface area contributed by atoms with Crippen LogP contribution in [0.5, 0.6) is 5.75 Å². The number of ether oxygens (including phenoxy) is 2. The third kappa shape index (κ3) is 6.23. The summed E-state index contributed by atoms with van der Waals surface area (Å²) < 4.78 is 46.0. The SMILES string of the molecule is CCC(C)N1CCOCC1.COc1cccc(C(F)(F)F)c1. The maximum absolute atomic E-state index is 12.0. The predicted molar refractivity (Wildman–Crippen MR) is 80.1 cm³/mol. The molecular formula is C16H24F3NO2. The largest absolute Gasteiger partial charge is 0.497 e. The minimum atomic E-state index is -4.30. The monoisotopic (exact) mass is 319 g/mol. The van der Waals surface area contributed by atoms with E-state index in [-0.39, 0.29) is 5.75 Å². The molecule has 1 heterocycles. The van der Waals surface area contributed by atoms with Crippen molar-refractivity contribution < 1.29 is 22.6 Å². The third-order valence-electron chi connectivity index (χ3n) is 3.66. The molecule has 1 saturated heterocycles. The topological polar surface area (TPSA) is 21.7 Å². The second kappa shape index (κ2) is 9.00. The van der Waals surface area contributed by atoms with Crippen molar-refractivity contribution in [2.75, 3.05) is 33.4 Å². The van der Waals surface area contributed by atoms with Gasteiger partial charge in [-0.2, -0.15) is 13.2 Å². The number of morpholine rings is 1. The molecule has 1 aliphatic heterocycles. The minimum absolute atomic E-state index is 0.213. The molecule has 0 N–H and O–H groups in total. The van der Waals surface area contributed by atoms with Gasteiger partial charge in [0, 0.05) is 19.1 Å². The van der Waals surface area contributed by atoms with E-state index in [1.165, 1.54) is 25.7 Å². The Morgan fingerprint density at radius 3 is 2.41 bits per heavy atom. The summed E-state index contributed by atoms with van der Waals surface area (Å²) >= 11 is 0. The number of hydrogen-bond donors (Lipinski definition) is 0. The average Bonchev–Trinajstić information content (AvgIpc) is 2.55. The molecule has 2 rings (SSSR count). The fourth-order valence-corrected chi connectivity index (χ4v) is 2.08. The molecule has 1 unspecified atom stereocenters. The van der Waals surface area contributed by atoms with Crippen LogP contribution in [0.4, 0.5) is 13.2 Å². The first-order valence-corrected chi connectivity index (χ1v) is 7.41. The lowest BCUT2D eigenvalue weighted by Gasteiger charge is -2.31. The first-order chi connectivity index (χ1) is 10.4. The predicted octanol–water partition coefficient (Wildman–Crippen LogP) is 3.83. The summed E-state index contributed by atoms with van der Waals surface area (Å²) in [5.74, 6) is 0.213. The first kappa shape index (κ1) is 18.8. The highest BCUT2D eigenvalue weighted by molar-refractivity contribution is 5.29. The summed E-state index contributed by atoms with van der Waals surface area (Å²) in [5, 5.41) is 0. The van der Waals surface area contributed by atoms with Gasteiger partial charge in [0.1, 0.15) is 5.75 Å². The van der Waals surface area contributed by atoms with Crippen LogP contribution in [0.3, 0.4) is 0 Å². The van der Waals surface area contributed by atoms with Crippen molar-refractivity contribution in [3.63, 3.8) is 0 Å². The maximum atomic E-state index is 12.0. The fraction of sp³-hybridized carbons (Fsp3) is 0.625. The molecule has 0 saturated carbocycles. The molecule has 0 spiro atoms. The van der Waals surface area contributed by atoms with Gasteiger partial charge in [0.15, 0.2) is 0 Å². The zero-order chi connectivity index (χ0) is 16.6. The number of rotatable bonds is 3. The van der Waals surface area contributed by atoms with E-state index < -0.39 is 11.7 Å². The van der Waals surface area contributed by atoms with Crippen LogP contribution in [0.2, 0.25) is 0 Å². The van der Waals surface area contributed by atoms with E-state index in [0.29, 0.717) is 0 Å². The Bertz CT molecular complexity index is 432. The van der Waals surface area contributed by atoms with Gasteiger partial charge in [-0.05, 0) is 31.5 Å². The van der Waals surface area contributed by atoms with Crippen molar-refractivity contribution in [2.24, 2.45) is 0 Å². The molecule has 126 valence electrons. The van der Waals surface area contributed by atoms with Crippen LogP contribution in [0, 0.1) is 0 Å².